The van der Waals surface area contributed by atoms with Gasteiger partial charge in [0, 0.05) is 0 Å². The Morgan fingerprint density at radius 2 is 1.31 bits per heavy atom. The van der Waals surface area contributed by atoms with Crippen LogP contribution in [0.15, 0.2) is 0 Å². The third-order valence-corrected chi connectivity index (χ3v) is 2.49. The first-order valence-electron chi connectivity index (χ1n) is 4.41. The van der Waals surface area contributed by atoms with Crippen molar-refractivity contribution in [2.45, 2.75) is 37.8 Å². The third kappa shape index (κ3) is 4.44. The van der Waals surface area contributed by atoms with Crippen molar-refractivity contribution in [2.24, 2.45) is 0 Å². The van der Waals surface area contributed by atoms with Gasteiger partial charge in [-0.1, -0.05) is 25.7 Å². The molecule has 84 valence electrons. The topological polar surface area (TPSA) is 59.7 Å². The molecule has 0 aromatic rings. The molecule has 3 nitrogen and oxygen atoms in total. The Balaban J connectivity index is 0.000000451. The van der Waals surface area contributed by atoms with Crippen LogP contribution in [-0.4, -0.2) is 30.6 Å². The van der Waals surface area contributed by atoms with Crippen LogP contribution in [0.3, 0.4) is 0 Å². The fourth-order valence-electron chi connectivity index (χ4n) is 1.93. The molecule has 0 radical (unpaired) electrons. The van der Waals surface area contributed by atoms with Gasteiger partial charge in [0.05, 0.1) is 0 Å². The van der Waals surface area contributed by atoms with Gasteiger partial charge in [-0.2, -0.15) is 12.1 Å². The summed E-state index contributed by atoms with van der Waals surface area (Å²) in [6.45, 7) is 2.19. The summed E-state index contributed by atoms with van der Waals surface area (Å²) >= 11 is 5.87. The van der Waals surface area contributed by atoms with Gasteiger partial charge in [-0.05, 0) is 0 Å². The molecule has 2 unspecified atom stereocenters. The molecule has 2 aliphatic rings. The summed E-state index contributed by atoms with van der Waals surface area (Å²) in [4.78, 5) is 0. The maximum absolute atomic E-state index is 4.56. The summed E-state index contributed by atoms with van der Waals surface area (Å²) in [6, 6.07) is 1.23. The van der Waals surface area contributed by atoms with Crippen molar-refractivity contribution < 1.29 is 18.2 Å². The van der Waals surface area contributed by atoms with Gasteiger partial charge in [-0.3, -0.25) is 0 Å². The molecule has 2 heterocycles. The van der Waals surface area contributed by atoms with Gasteiger partial charge in [0.2, 0.25) is 0 Å². The zero-order valence-electron chi connectivity index (χ0n) is 7.47. The standard InChI is InChI=1S/C8H14N2.Cu.HI.H2O/c1-3-7-8(9-5-1)4-2-6-10-7;;;/h7-8H,1-6H2;;1H;1H2/q-2;+1;;/p-1. The first-order valence-corrected chi connectivity index (χ1v) is 7.45. The zero-order chi connectivity index (χ0) is 8.81. The van der Waals surface area contributed by atoms with E-state index >= 15 is 0 Å². The molecule has 2 N–H and O–H groups in total. The molecule has 0 aliphatic carbocycles. The van der Waals surface area contributed by atoms with E-state index in [1.165, 1.54) is 25.7 Å². The van der Waals surface area contributed by atoms with Gasteiger partial charge >= 0.3 is 33.1 Å². The Morgan fingerprint density at radius 1 is 0.923 bits per heavy atom. The number of hydrogen-bond donors (Lipinski definition) is 0. The summed E-state index contributed by atoms with van der Waals surface area (Å²) in [6.07, 6.45) is 5.14. The molecular weight excluding hydrogens is 331 g/mol. The summed E-state index contributed by atoms with van der Waals surface area (Å²) < 4.78 is 0. The van der Waals surface area contributed by atoms with Crippen molar-refractivity contribution in [3.8, 4) is 0 Å². The van der Waals surface area contributed by atoms with Gasteiger partial charge in [0.25, 0.3) is 0 Å². The fraction of sp³-hybridized carbons (Fsp3) is 1.00. The van der Waals surface area contributed by atoms with Gasteiger partial charge in [0.15, 0.2) is 0 Å². The molecule has 2 atom stereocenters. The van der Waals surface area contributed by atoms with E-state index in [9.17, 15) is 0 Å². The van der Waals surface area contributed by atoms with Crippen LogP contribution >= 0.6 is 20.3 Å². The van der Waals surface area contributed by atoms with Crippen LogP contribution in [0.2, 0.25) is 0 Å². The summed E-state index contributed by atoms with van der Waals surface area (Å²) in [5.41, 5.74) is 0. The minimum atomic E-state index is 0. The van der Waals surface area contributed by atoms with Gasteiger partial charge in [-0.25, -0.2) is 0 Å². The number of nitrogens with zero attached hydrogens (tertiary/aromatic N) is 2. The molecule has 0 spiro atoms. The Bertz CT molecular complexity index is 103. The van der Waals surface area contributed by atoms with Crippen molar-refractivity contribution in [3.05, 3.63) is 10.6 Å². The molecule has 13 heavy (non-hydrogen) atoms. The number of fused-ring (bicyclic) bond motifs is 1. The average molecular weight is 347 g/mol. The van der Waals surface area contributed by atoms with Crippen LogP contribution in [0.1, 0.15) is 25.7 Å². The third-order valence-electron chi connectivity index (χ3n) is 2.49. The number of rotatable bonds is 0. The average Bonchev–Trinajstić information content (AvgIpc) is 2.21. The molecule has 0 amide bonds. The van der Waals surface area contributed by atoms with Crippen LogP contribution in [0.5, 0.6) is 0 Å². The molecular formula is C8H16CuIN2O-2. The Morgan fingerprint density at radius 3 is 1.69 bits per heavy atom. The molecule has 0 bridgehead atoms. The minimum absolute atomic E-state index is 0. The fourth-order valence-corrected chi connectivity index (χ4v) is 1.93. The van der Waals surface area contributed by atoms with Gasteiger partial charge in [0.1, 0.15) is 0 Å². The summed E-state index contributed by atoms with van der Waals surface area (Å²) in [7, 11) is 0. The molecule has 2 saturated heterocycles. The van der Waals surface area contributed by atoms with E-state index in [2.05, 4.69) is 23.4 Å². The molecule has 2 rings (SSSR count). The molecule has 0 saturated carbocycles. The Labute approximate surface area is 99.7 Å². The van der Waals surface area contributed by atoms with E-state index in [0.717, 1.165) is 13.1 Å². The van der Waals surface area contributed by atoms with E-state index in [1.54, 1.807) is 20.3 Å². The van der Waals surface area contributed by atoms with Crippen molar-refractivity contribution in [2.75, 3.05) is 13.1 Å². The van der Waals surface area contributed by atoms with E-state index in [1.807, 2.05) is 0 Å². The van der Waals surface area contributed by atoms with Gasteiger partial charge in [-0.15, -0.1) is 13.1 Å². The normalized spacial score (nSPS) is 31.9. The Kier molecular flexibility index (Phi) is 9.17. The van der Waals surface area contributed by atoms with Crippen molar-refractivity contribution in [1.29, 1.82) is 0 Å². The molecule has 0 aromatic carbocycles. The number of hydrogen-bond acceptors (Lipinski definition) is 0. The second-order valence-corrected chi connectivity index (χ2v) is 3.23. The van der Waals surface area contributed by atoms with Crippen molar-refractivity contribution >= 4 is 20.3 Å². The molecule has 0 aromatic heterocycles. The van der Waals surface area contributed by atoms with E-state index in [0.29, 0.717) is 12.1 Å². The summed E-state index contributed by atoms with van der Waals surface area (Å²) in [5, 5.41) is 9.12. The van der Waals surface area contributed by atoms with Gasteiger partial charge < -0.3 is 16.1 Å². The van der Waals surface area contributed by atoms with E-state index in [-0.39, 0.29) is 5.48 Å². The van der Waals surface area contributed by atoms with Crippen LogP contribution in [-0.2, 0) is 12.8 Å². The number of halogens is 1. The van der Waals surface area contributed by atoms with Crippen LogP contribution < -0.4 is 0 Å². The predicted molar refractivity (Wildman–Crippen MR) is 60.1 cm³/mol. The SMILES string of the molecule is C1C[N-]C2CCC[N-]C2C1.O.[Cu][I]. The predicted octanol–water partition coefficient (Wildman–Crippen LogP) is 2.12. The number of piperidine rings is 2. The Hall–Kier alpha value is 1.13. The van der Waals surface area contributed by atoms with Crippen LogP contribution in [0.4, 0.5) is 0 Å². The van der Waals surface area contributed by atoms with E-state index < -0.39 is 0 Å². The quantitative estimate of drug-likeness (QED) is 0.476. The first-order chi connectivity index (χ1) is 5.97. The zero-order valence-corrected chi connectivity index (χ0v) is 10.6. The molecule has 2 aliphatic heterocycles. The molecule has 2 fully saturated rings. The van der Waals surface area contributed by atoms with E-state index in [4.69, 9.17) is 0 Å². The monoisotopic (exact) mass is 346 g/mol. The maximum atomic E-state index is 4.56. The van der Waals surface area contributed by atoms with Crippen LogP contribution in [0.25, 0.3) is 10.6 Å². The molecule has 5 heteroatoms. The summed E-state index contributed by atoms with van der Waals surface area (Å²) in [5.74, 6) is 0. The van der Waals surface area contributed by atoms with Crippen LogP contribution in [0, 0.1) is 0 Å². The van der Waals surface area contributed by atoms with Crippen molar-refractivity contribution in [1.82, 2.24) is 0 Å². The van der Waals surface area contributed by atoms with Crippen molar-refractivity contribution in [3.63, 3.8) is 0 Å². The second-order valence-electron chi connectivity index (χ2n) is 3.23. The first kappa shape index (κ1) is 14.1. The second kappa shape index (κ2) is 8.44.